The normalized spacial score (nSPS) is 15.5. The van der Waals surface area contributed by atoms with Crippen LogP contribution in [0.1, 0.15) is 11.1 Å². The molecule has 4 rings (SSSR count). The summed E-state index contributed by atoms with van der Waals surface area (Å²) < 4.78 is 5.54. The van der Waals surface area contributed by atoms with Crippen LogP contribution in [0.15, 0.2) is 82.7 Å². The quantitative estimate of drug-likeness (QED) is 0.456. The molecule has 166 valence electrons. The van der Waals surface area contributed by atoms with E-state index in [0.717, 1.165) is 16.8 Å². The number of carbonyl (C=O) groups excluding carboxylic acids is 2. The molecule has 33 heavy (non-hydrogen) atoms. The number of anilines is 1. The second kappa shape index (κ2) is 10.4. The average molecular weight is 478 g/mol. The monoisotopic (exact) mass is 477 g/mol. The molecule has 0 aromatic heterocycles. The molecule has 0 spiro atoms. The summed E-state index contributed by atoms with van der Waals surface area (Å²) in [6.07, 6.45) is 1.73. The molecule has 3 aromatic rings. The van der Waals surface area contributed by atoms with Gasteiger partial charge >= 0.3 is 0 Å². The number of halogens is 1. The van der Waals surface area contributed by atoms with Crippen molar-refractivity contribution in [3.05, 3.63) is 93.9 Å². The van der Waals surface area contributed by atoms with Gasteiger partial charge in [0.1, 0.15) is 5.75 Å². The molecule has 1 aliphatic heterocycles. The van der Waals surface area contributed by atoms with E-state index < -0.39 is 0 Å². The number of amides is 2. The smallest absolute Gasteiger partial charge is 0.264 e. The summed E-state index contributed by atoms with van der Waals surface area (Å²) in [6.45, 7) is 1.83. The van der Waals surface area contributed by atoms with Crippen LogP contribution in [0, 0.1) is 6.92 Å². The van der Waals surface area contributed by atoms with Gasteiger partial charge < -0.3 is 15.4 Å². The zero-order chi connectivity index (χ0) is 23.2. The van der Waals surface area contributed by atoms with Crippen LogP contribution in [0.3, 0.4) is 0 Å². The molecule has 3 aromatic carbocycles. The van der Waals surface area contributed by atoms with Crippen LogP contribution >= 0.6 is 23.4 Å². The van der Waals surface area contributed by atoms with E-state index in [0.29, 0.717) is 26.5 Å². The predicted octanol–water partition coefficient (Wildman–Crippen LogP) is 5.56. The zero-order valence-electron chi connectivity index (χ0n) is 17.7. The van der Waals surface area contributed by atoms with Crippen LogP contribution < -0.4 is 15.4 Å². The minimum atomic E-state index is -0.289. The summed E-state index contributed by atoms with van der Waals surface area (Å²) in [5.74, 6) is -0.130. The van der Waals surface area contributed by atoms with Gasteiger partial charge in [-0.1, -0.05) is 53.6 Å². The van der Waals surface area contributed by atoms with E-state index in [2.05, 4.69) is 15.6 Å². The van der Waals surface area contributed by atoms with Crippen molar-refractivity contribution in [2.24, 2.45) is 4.99 Å². The maximum Gasteiger partial charge on any atom is 0.264 e. The first-order valence-corrected chi connectivity index (χ1v) is 11.3. The highest BCUT2D eigenvalue weighted by Crippen LogP contribution is 2.31. The summed E-state index contributed by atoms with van der Waals surface area (Å²) >= 11 is 7.59. The standard InChI is InChI=1S/C25H20ClN3O3S/c1-16-7-10-19(11-8-16)28-25-29-24(31)22(33-25)14-17-9-12-21(20(26)13-17)32-15-23(30)27-18-5-3-2-4-6-18/h2-14H,15H2,1H3,(H,27,30)(H,28,29,31)/b22-14-. The van der Waals surface area contributed by atoms with Crippen molar-refractivity contribution in [1.82, 2.24) is 5.32 Å². The lowest BCUT2D eigenvalue weighted by atomic mass is 10.2. The Bertz CT molecular complexity index is 1240. The third kappa shape index (κ3) is 6.25. The SMILES string of the molecule is Cc1ccc(N=C2NC(=O)/C(=C/c3ccc(OCC(=O)Nc4ccccc4)c(Cl)c3)S2)cc1. The number of thioether (sulfide) groups is 1. The molecule has 1 saturated heterocycles. The first kappa shape index (κ1) is 22.6. The van der Waals surface area contributed by atoms with Crippen LogP contribution in [0.5, 0.6) is 5.75 Å². The molecular formula is C25H20ClN3O3S. The number of aliphatic imine (C=N–C) groups is 1. The number of hydrogen-bond donors (Lipinski definition) is 2. The summed E-state index contributed by atoms with van der Waals surface area (Å²) in [6, 6.07) is 22.0. The number of amidine groups is 1. The maximum absolute atomic E-state index is 12.3. The molecule has 0 atom stereocenters. The van der Waals surface area contributed by atoms with Crippen LogP contribution in [-0.4, -0.2) is 23.6 Å². The van der Waals surface area contributed by atoms with Gasteiger partial charge in [0, 0.05) is 5.69 Å². The van der Waals surface area contributed by atoms with Crippen molar-refractivity contribution >= 4 is 57.8 Å². The molecule has 0 aliphatic carbocycles. The number of para-hydroxylation sites is 1. The van der Waals surface area contributed by atoms with Gasteiger partial charge in [0.25, 0.3) is 11.8 Å². The van der Waals surface area contributed by atoms with Crippen LogP contribution in [0.2, 0.25) is 5.02 Å². The van der Waals surface area contributed by atoms with E-state index in [1.54, 1.807) is 36.4 Å². The van der Waals surface area contributed by atoms with E-state index in [9.17, 15) is 9.59 Å². The first-order valence-electron chi connectivity index (χ1n) is 10.1. The molecule has 0 bridgehead atoms. The van der Waals surface area contributed by atoms with Gasteiger partial charge in [0.2, 0.25) is 0 Å². The molecular weight excluding hydrogens is 458 g/mol. The number of nitrogens with one attached hydrogen (secondary N) is 2. The fourth-order valence-corrected chi connectivity index (χ4v) is 4.04. The maximum atomic E-state index is 12.3. The van der Waals surface area contributed by atoms with E-state index in [1.807, 2.05) is 49.4 Å². The van der Waals surface area contributed by atoms with Gasteiger partial charge in [0.05, 0.1) is 15.6 Å². The molecule has 2 N–H and O–H groups in total. The van der Waals surface area contributed by atoms with Crippen LogP contribution in [-0.2, 0) is 9.59 Å². The highest BCUT2D eigenvalue weighted by Gasteiger charge is 2.24. The summed E-state index contributed by atoms with van der Waals surface area (Å²) in [7, 11) is 0. The van der Waals surface area contributed by atoms with Crippen molar-refractivity contribution in [2.75, 3.05) is 11.9 Å². The Morgan fingerprint density at radius 3 is 2.61 bits per heavy atom. The summed E-state index contributed by atoms with van der Waals surface area (Å²) in [5, 5.41) is 6.38. The highest BCUT2D eigenvalue weighted by molar-refractivity contribution is 8.18. The molecule has 1 heterocycles. The number of ether oxygens (including phenoxy) is 1. The highest BCUT2D eigenvalue weighted by atomic mass is 35.5. The molecule has 1 fully saturated rings. The van der Waals surface area contributed by atoms with E-state index in [1.165, 1.54) is 11.8 Å². The second-order valence-electron chi connectivity index (χ2n) is 7.21. The Hall–Kier alpha value is -3.55. The Balaban J connectivity index is 1.38. The molecule has 8 heteroatoms. The zero-order valence-corrected chi connectivity index (χ0v) is 19.2. The third-order valence-corrected chi connectivity index (χ3v) is 5.79. The van der Waals surface area contributed by atoms with Crippen molar-refractivity contribution in [3.63, 3.8) is 0 Å². The van der Waals surface area contributed by atoms with Gasteiger partial charge in [-0.2, -0.15) is 0 Å². The topological polar surface area (TPSA) is 79.8 Å². The molecule has 1 aliphatic rings. The van der Waals surface area contributed by atoms with Crippen LogP contribution in [0.25, 0.3) is 6.08 Å². The largest absolute Gasteiger partial charge is 0.482 e. The van der Waals surface area contributed by atoms with Crippen molar-refractivity contribution in [1.29, 1.82) is 0 Å². The number of rotatable bonds is 6. The third-order valence-electron chi connectivity index (χ3n) is 4.59. The lowest BCUT2D eigenvalue weighted by Crippen LogP contribution is -2.20. The lowest BCUT2D eigenvalue weighted by Gasteiger charge is -2.09. The molecule has 0 saturated carbocycles. The van der Waals surface area contributed by atoms with E-state index >= 15 is 0 Å². The number of nitrogens with zero attached hydrogens (tertiary/aromatic N) is 1. The van der Waals surface area contributed by atoms with Crippen molar-refractivity contribution < 1.29 is 14.3 Å². The van der Waals surface area contributed by atoms with Gasteiger partial charge in [0.15, 0.2) is 11.8 Å². The fourth-order valence-electron chi connectivity index (χ4n) is 2.95. The first-order chi connectivity index (χ1) is 16.0. The number of hydrogen-bond acceptors (Lipinski definition) is 5. The Morgan fingerprint density at radius 2 is 1.88 bits per heavy atom. The number of benzene rings is 3. The molecule has 6 nitrogen and oxygen atoms in total. The number of carbonyl (C=O) groups is 2. The van der Waals surface area contributed by atoms with E-state index in [4.69, 9.17) is 16.3 Å². The second-order valence-corrected chi connectivity index (χ2v) is 8.65. The minimum absolute atomic E-state index is 0.174. The van der Waals surface area contributed by atoms with Gasteiger partial charge in [-0.15, -0.1) is 0 Å². The molecule has 2 amide bonds. The van der Waals surface area contributed by atoms with Gasteiger partial charge in [-0.25, -0.2) is 4.99 Å². The predicted molar refractivity (Wildman–Crippen MR) is 134 cm³/mol. The van der Waals surface area contributed by atoms with Gasteiger partial charge in [-0.3, -0.25) is 9.59 Å². The Kier molecular flexibility index (Phi) is 7.12. The van der Waals surface area contributed by atoms with Crippen molar-refractivity contribution in [3.8, 4) is 5.75 Å². The fraction of sp³-hybridized carbons (Fsp3) is 0.0800. The van der Waals surface area contributed by atoms with Crippen LogP contribution in [0.4, 0.5) is 11.4 Å². The Labute approximate surface area is 200 Å². The van der Waals surface area contributed by atoms with Crippen molar-refractivity contribution in [2.45, 2.75) is 6.92 Å². The van der Waals surface area contributed by atoms with E-state index in [-0.39, 0.29) is 18.4 Å². The summed E-state index contributed by atoms with van der Waals surface area (Å²) in [4.78, 5) is 29.4. The lowest BCUT2D eigenvalue weighted by molar-refractivity contribution is -0.118. The number of aryl methyl sites for hydroxylation is 1. The molecule has 0 unspecified atom stereocenters. The Morgan fingerprint density at radius 1 is 1.12 bits per heavy atom. The average Bonchev–Trinajstić information content (AvgIpc) is 3.14. The molecule has 0 radical (unpaired) electrons. The summed E-state index contributed by atoms with van der Waals surface area (Å²) in [5.41, 5.74) is 3.33. The minimum Gasteiger partial charge on any atom is -0.482 e. The van der Waals surface area contributed by atoms with Gasteiger partial charge in [-0.05, 0) is 66.7 Å².